The summed E-state index contributed by atoms with van der Waals surface area (Å²) >= 11 is 0. The summed E-state index contributed by atoms with van der Waals surface area (Å²) in [5.41, 5.74) is 6.82. The normalized spacial score (nSPS) is 22.8. The van der Waals surface area contributed by atoms with Crippen molar-refractivity contribution >= 4 is 23.7 Å². The van der Waals surface area contributed by atoms with Crippen LogP contribution in [0.25, 0.3) is 0 Å². The van der Waals surface area contributed by atoms with Gasteiger partial charge in [-0.25, -0.2) is 9.78 Å². The van der Waals surface area contributed by atoms with Crippen LogP contribution in [0.4, 0.5) is 0 Å². The summed E-state index contributed by atoms with van der Waals surface area (Å²) in [6.07, 6.45) is 5.55. The van der Waals surface area contributed by atoms with Gasteiger partial charge in [0, 0.05) is 31.4 Å². The van der Waals surface area contributed by atoms with Gasteiger partial charge in [0.05, 0.1) is 12.4 Å². The first-order valence-corrected chi connectivity index (χ1v) is 11.1. The van der Waals surface area contributed by atoms with Gasteiger partial charge < -0.3 is 30.9 Å². The molecule has 2 fully saturated rings. The Morgan fingerprint density at radius 2 is 1.78 bits per heavy atom. The van der Waals surface area contributed by atoms with Crippen LogP contribution in [-0.2, 0) is 25.6 Å². The van der Waals surface area contributed by atoms with Crippen molar-refractivity contribution in [2.45, 2.75) is 70.1 Å². The van der Waals surface area contributed by atoms with Gasteiger partial charge in [-0.2, -0.15) is 0 Å². The van der Waals surface area contributed by atoms with Crippen LogP contribution in [0.1, 0.15) is 45.2 Å². The number of carbonyl (C=O) groups is 4. The quantitative estimate of drug-likeness (QED) is 0.416. The zero-order valence-corrected chi connectivity index (χ0v) is 18.5. The molecule has 0 spiro atoms. The molecule has 1 aromatic rings. The van der Waals surface area contributed by atoms with Gasteiger partial charge in [-0.05, 0) is 31.6 Å². The monoisotopic (exact) mass is 448 g/mol. The van der Waals surface area contributed by atoms with Crippen molar-refractivity contribution in [2.24, 2.45) is 11.7 Å². The summed E-state index contributed by atoms with van der Waals surface area (Å²) in [5, 5.41) is 12.2. The molecule has 0 aliphatic carbocycles. The summed E-state index contributed by atoms with van der Waals surface area (Å²) in [6.45, 7) is 4.37. The predicted octanol–water partition coefficient (Wildman–Crippen LogP) is -0.513. The van der Waals surface area contributed by atoms with Crippen LogP contribution in [0.15, 0.2) is 12.5 Å². The number of likely N-dealkylation sites (tertiary alicyclic amines) is 2. The molecule has 2 aliphatic heterocycles. The Hall–Kier alpha value is -2.95. The lowest BCUT2D eigenvalue weighted by molar-refractivity contribution is -0.150. The minimum absolute atomic E-state index is 0.241. The van der Waals surface area contributed by atoms with Crippen molar-refractivity contribution in [3.63, 3.8) is 0 Å². The van der Waals surface area contributed by atoms with Crippen LogP contribution in [0.5, 0.6) is 0 Å². The fourth-order valence-electron chi connectivity index (χ4n) is 4.47. The van der Waals surface area contributed by atoms with Crippen LogP contribution in [0.3, 0.4) is 0 Å². The molecule has 11 nitrogen and oxygen atoms in total. The Morgan fingerprint density at radius 3 is 2.34 bits per heavy atom. The Labute approximate surface area is 186 Å². The number of nitrogens with two attached hydrogens (primary N) is 1. The average molecular weight is 449 g/mol. The fraction of sp³-hybridized carbons (Fsp3) is 0.667. The second-order valence-electron chi connectivity index (χ2n) is 8.84. The smallest absolute Gasteiger partial charge is 0.326 e. The van der Waals surface area contributed by atoms with Gasteiger partial charge in [0.2, 0.25) is 17.7 Å². The number of aromatic nitrogens is 2. The van der Waals surface area contributed by atoms with E-state index >= 15 is 0 Å². The molecular weight excluding hydrogens is 416 g/mol. The summed E-state index contributed by atoms with van der Waals surface area (Å²) < 4.78 is 0. The van der Waals surface area contributed by atoms with Crippen molar-refractivity contribution < 1.29 is 24.3 Å². The molecule has 0 bridgehead atoms. The first-order valence-electron chi connectivity index (χ1n) is 11.1. The molecule has 32 heavy (non-hydrogen) atoms. The first-order chi connectivity index (χ1) is 15.2. The Balaban J connectivity index is 1.67. The van der Waals surface area contributed by atoms with E-state index in [4.69, 9.17) is 5.73 Å². The molecule has 176 valence electrons. The van der Waals surface area contributed by atoms with E-state index < -0.39 is 42.0 Å². The number of carboxylic acid groups (broad SMARTS) is 1. The van der Waals surface area contributed by atoms with Crippen molar-refractivity contribution in [1.82, 2.24) is 25.1 Å². The standard InChI is InChI=1S/C21H32N6O5/c1-12(2)17(20(30)27-8-4-6-16(27)21(31)32)25-18(28)15-5-3-7-26(15)19(29)14(22)9-13-10-23-11-24-13/h10-12,14-17H,3-9,22H2,1-2H3,(H,23,24)(H,25,28)(H,31,32). The molecule has 4 atom stereocenters. The highest BCUT2D eigenvalue weighted by Gasteiger charge is 2.41. The number of imidazole rings is 1. The van der Waals surface area contributed by atoms with E-state index in [-0.39, 0.29) is 18.2 Å². The van der Waals surface area contributed by atoms with E-state index in [0.29, 0.717) is 38.8 Å². The predicted molar refractivity (Wildman–Crippen MR) is 114 cm³/mol. The minimum Gasteiger partial charge on any atom is -0.480 e. The topological polar surface area (TPSA) is 162 Å². The number of aromatic amines is 1. The second-order valence-corrected chi connectivity index (χ2v) is 8.84. The van der Waals surface area contributed by atoms with Gasteiger partial charge in [-0.3, -0.25) is 14.4 Å². The largest absolute Gasteiger partial charge is 0.480 e. The number of amides is 3. The maximum atomic E-state index is 13.1. The van der Waals surface area contributed by atoms with E-state index in [1.165, 1.54) is 16.1 Å². The molecule has 4 unspecified atom stereocenters. The highest BCUT2D eigenvalue weighted by Crippen LogP contribution is 2.22. The van der Waals surface area contributed by atoms with Crippen LogP contribution in [0, 0.1) is 5.92 Å². The van der Waals surface area contributed by atoms with Gasteiger partial charge >= 0.3 is 5.97 Å². The molecule has 2 aliphatic rings. The molecular formula is C21H32N6O5. The average Bonchev–Trinajstić information content (AvgIpc) is 3.51. The summed E-state index contributed by atoms with van der Waals surface area (Å²) in [4.78, 5) is 60.2. The van der Waals surface area contributed by atoms with E-state index in [0.717, 1.165) is 5.69 Å². The number of carbonyl (C=O) groups excluding carboxylic acids is 3. The molecule has 0 saturated carbocycles. The molecule has 1 aromatic heterocycles. The van der Waals surface area contributed by atoms with Crippen molar-refractivity contribution in [3.8, 4) is 0 Å². The second kappa shape index (κ2) is 10.1. The molecule has 3 heterocycles. The zero-order chi connectivity index (χ0) is 23.4. The molecule has 3 amide bonds. The number of nitrogens with one attached hydrogen (secondary N) is 2. The van der Waals surface area contributed by atoms with E-state index in [1.807, 2.05) is 0 Å². The maximum absolute atomic E-state index is 13.1. The molecule has 11 heteroatoms. The Morgan fingerprint density at radius 1 is 1.16 bits per heavy atom. The van der Waals surface area contributed by atoms with Crippen LogP contribution in [0.2, 0.25) is 0 Å². The van der Waals surface area contributed by atoms with E-state index in [1.54, 1.807) is 20.0 Å². The number of hydrogen-bond acceptors (Lipinski definition) is 6. The molecule has 5 N–H and O–H groups in total. The van der Waals surface area contributed by atoms with Crippen LogP contribution in [-0.4, -0.2) is 85.8 Å². The number of rotatable bonds is 8. The van der Waals surface area contributed by atoms with Crippen molar-refractivity contribution in [3.05, 3.63) is 18.2 Å². The molecule has 0 aromatic carbocycles. The highest BCUT2D eigenvalue weighted by molar-refractivity contribution is 5.94. The summed E-state index contributed by atoms with van der Waals surface area (Å²) in [5.74, 6) is -2.42. The van der Waals surface area contributed by atoms with Crippen LogP contribution >= 0.6 is 0 Å². The van der Waals surface area contributed by atoms with Crippen molar-refractivity contribution in [2.75, 3.05) is 13.1 Å². The summed E-state index contributed by atoms with van der Waals surface area (Å²) in [7, 11) is 0. The number of H-pyrrole nitrogens is 1. The number of carboxylic acids is 1. The Kier molecular flexibility index (Phi) is 7.49. The number of aliphatic carboxylic acids is 1. The highest BCUT2D eigenvalue weighted by atomic mass is 16.4. The van der Waals surface area contributed by atoms with E-state index in [2.05, 4.69) is 15.3 Å². The first kappa shape index (κ1) is 23.7. The molecule has 3 rings (SSSR count). The Bertz CT molecular complexity index is 842. The zero-order valence-electron chi connectivity index (χ0n) is 18.5. The minimum atomic E-state index is -1.04. The number of hydrogen-bond donors (Lipinski definition) is 4. The third kappa shape index (κ3) is 5.09. The fourth-order valence-corrected chi connectivity index (χ4v) is 4.47. The van der Waals surface area contributed by atoms with Gasteiger partial charge in [0.25, 0.3) is 0 Å². The van der Waals surface area contributed by atoms with Gasteiger partial charge in [-0.1, -0.05) is 13.8 Å². The summed E-state index contributed by atoms with van der Waals surface area (Å²) in [6, 6.07) is -3.25. The lowest BCUT2D eigenvalue weighted by Gasteiger charge is -2.32. The molecule has 0 radical (unpaired) electrons. The van der Waals surface area contributed by atoms with Crippen molar-refractivity contribution in [1.29, 1.82) is 0 Å². The van der Waals surface area contributed by atoms with Crippen LogP contribution < -0.4 is 11.1 Å². The van der Waals surface area contributed by atoms with Gasteiger partial charge in [0.15, 0.2) is 0 Å². The van der Waals surface area contributed by atoms with Gasteiger partial charge in [0.1, 0.15) is 18.1 Å². The number of nitrogens with zero attached hydrogens (tertiary/aromatic N) is 3. The lowest BCUT2D eigenvalue weighted by atomic mass is 10.0. The third-order valence-electron chi connectivity index (χ3n) is 6.20. The SMILES string of the molecule is CC(C)C(NC(=O)C1CCCN1C(=O)C(N)Cc1cnc[nH]1)C(=O)N1CCCC1C(=O)O. The van der Waals surface area contributed by atoms with Gasteiger partial charge in [-0.15, -0.1) is 0 Å². The molecule has 2 saturated heterocycles. The third-order valence-corrected chi connectivity index (χ3v) is 6.20. The van der Waals surface area contributed by atoms with E-state index in [9.17, 15) is 24.3 Å². The lowest BCUT2D eigenvalue weighted by Crippen LogP contribution is -2.58. The maximum Gasteiger partial charge on any atom is 0.326 e.